The van der Waals surface area contributed by atoms with Crippen molar-refractivity contribution in [1.82, 2.24) is 0 Å². The number of fused-ring (bicyclic) bond motifs is 2. The summed E-state index contributed by atoms with van der Waals surface area (Å²) in [6, 6.07) is 9.86. The Kier molecular flexibility index (Phi) is 3.22. The van der Waals surface area contributed by atoms with E-state index in [4.69, 9.17) is 0 Å². The third kappa shape index (κ3) is 2.19. The molecule has 0 saturated heterocycles. The quantitative estimate of drug-likeness (QED) is 0.737. The van der Waals surface area contributed by atoms with Crippen LogP contribution in [-0.4, -0.2) is 17.5 Å². The monoisotopic (exact) mass is 343 g/mol. The summed E-state index contributed by atoms with van der Waals surface area (Å²) in [5.41, 5.74) is 1.94. The normalized spacial score (nSPS) is 12.7. The molecule has 0 spiro atoms. The van der Waals surface area contributed by atoms with Crippen LogP contribution >= 0.6 is 15.9 Å². The van der Waals surface area contributed by atoms with Crippen molar-refractivity contribution in [3.05, 3.63) is 63.1 Å². The first kappa shape index (κ1) is 13.7. The molecule has 5 heteroatoms. The highest BCUT2D eigenvalue weighted by molar-refractivity contribution is 9.10. The minimum atomic E-state index is -0.245. The van der Waals surface area contributed by atoms with Crippen LogP contribution < -0.4 is 5.32 Å². The van der Waals surface area contributed by atoms with E-state index in [0.717, 1.165) is 0 Å². The van der Waals surface area contributed by atoms with Crippen molar-refractivity contribution < 1.29 is 14.4 Å². The summed E-state index contributed by atoms with van der Waals surface area (Å²) in [5, 5.41) is 2.63. The minimum Gasteiger partial charge on any atom is -0.325 e. The smallest absolute Gasteiger partial charge is 0.221 e. The van der Waals surface area contributed by atoms with E-state index in [9.17, 15) is 14.4 Å². The van der Waals surface area contributed by atoms with Gasteiger partial charge in [0.1, 0.15) is 0 Å². The van der Waals surface area contributed by atoms with Gasteiger partial charge in [-0.2, -0.15) is 0 Å². The van der Waals surface area contributed by atoms with Gasteiger partial charge in [0.2, 0.25) is 5.91 Å². The number of benzene rings is 2. The first-order valence-corrected chi connectivity index (χ1v) is 7.08. The highest BCUT2D eigenvalue weighted by atomic mass is 79.9. The lowest BCUT2D eigenvalue weighted by molar-refractivity contribution is -0.114. The van der Waals surface area contributed by atoms with Gasteiger partial charge in [-0.15, -0.1) is 0 Å². The SMILES string of the molecule is CC(=O)Nc1cc2c(cc1Br)C(=O)c1ccccc1C2=O. The van der Waals surface area contributed by atoms with Gasteiger partial charge in [0.15, 0.2) is 11.6 Å². The van der Waals surface area contributed by atoms with Crippen LogP contribution in [0.3, 0.4) is 0 Å². The lowest BCUT2D eigenvalue weighted by atomic mass is 9.84. The van der Waals surface area contributed by atoms with Crippen LogP contribution in [0.15, 0.2) is 40.9 Å². The summed E-state index contributed by atoms with van der Waals surface area (Å²) >= 11 is 3.31. The molecule has 1 N–H and O–H groups in total. The van der Waals surface area contributed by atoms with Crippen molar-refractivity contribution in [3.63, 3.8) is 0 Å². The molecule has 0 atom stereocenters. The molecule has 0 heterocycles. The number of anilines is 1. The van der Waals surface area contributed by atoms with E-state index in [0.29, 0.717) is 32.4 Å². The Morgan fingerprint density at radius 1 is 0.952 bits per heavy atom. The molecule has 0 saturated carbocycles. The zero-order chi connectivity index (χ0) is 15.1. The summed E-state index contributed by atoms with van der Waals surface area (Å²) in [6.07, 6.45) is 0. The van der Waals surface area contributed by atoms with Crippen LogP contribution in [0, 0.1) is 0 Å². The van der Waals surface area contributed by atoms with Gasteiger partial charge in [-0.25, -0.2) is 0 Å². The zero-order valence-electron chi connectivity index (χ0n) is 11.1. The second-order valence-corrected chi connectivity index (χ2v) is 5.62. The van der Waals surface area contributed by atoms with Crippen molar-refractivity contribution in [1.29, 1.82) is 0 Å². The van der Waals surface area contributed by atoms with Crippen LogP contribution in [0.1, 0.15) is 38.8 Å². The molecule has 0 aliphatic heterocycles. The van der Waals surface area contributed by atoms with Crippen LogP contribution in [0.25, 0.3) is 0 Å². The predicted molar refractivity (Wildman–Crippen MR) is 81.8 cm³/mol. The first-order chi connectivity index (χ1) is 9.99. The molecule has 0 unspecified atom stereocenters. The fraction of sp³-hybridized carbons (Fsp3) is 0.0625. The third-order valence-corrected chi connectivity index (χ3v) is 3.98. The summed E-state index contributed by atoms with van der Waals surface area (Å²) in [5.74, 6) is -0.639. The maximum absolute atomic E-state index is 12.5. The number of halogens is 1. The minimum absolute atomic E-state index is 0.185. The number of carbonyl (C=O) groups excluding carboxylic acids is 3. The van der Waals surface area contributed by atoms with E-state index in [2.05, 4.69) is 21.2 Å². The Labute approximate surface area is 129 Å². The molecule has 0 radical (unpaired) electrons. The van der Waals surface area contributed by atoms with Gasteiger partial charge in [0, 0.05) is 33.7 Å². The van der Waals surface area contributed by atoms with Gasteiger partial charge in [-0.05, 0) is 28.1 Å². The van der Waals surface area contributed by atoms with Gasteiger partial charge < -0.3 is 5.32 Å². The topological polar surface area (TPSA) is 63.2 Å². The molecule has 0 fully saturated rings. The lowest BCUT2D eigenvalue weighted by Gasteiger charge is -2.19. The van der Waals surface area contributed by atoms with Crippen LogP contribution in [-0.2, 0) is 4.79 Å². The fourth-order valence-corrected chi connectivity index (χ4v) is 2.85. The molecular formula is C16H10BrNO3. The van der Waals surface area contributed by atoms with Crippen molar-refractivity contribution >= 4 is 39.1 Å². The molecule has 4 nitrogen and oxygen atoms in total. The zero-order valence-corrected chi connectivity index (χ0v) is 12.7. The maximum Gasteiger partial charge on any atom is 0.221 e. The summed E-state index contributed by atoms with van der Waals surface area (Å²) < 4.78 is 0.567. The van der Waals surface area contributed by atoms with E-state index >= 15 is 0 Å². The highest BCUT2D eigenvalue weighted by Gasteiger charge is 2.30. The molecule has 2 aromatic carbocycles. The maximum atomic E-state index is 12.5. The Hall–Kier alpha value is -2.27. The van der Waals surface area contributed by atoms with Crippen molar-refractivity contribution in [2.45, 2.75) is 6.92 Å². The molecule has 21 heavy (non-hydrogen) atoms. The van der Waals surface area contributed by atoms with Gasteiger partial charge in [-0.1, -0.05) is 24.3 Å². The Morgan fingerprint density at radius 3 is 2.00 bits per heavy atom. The molecule has 104 valence electrons. The Bertz CT molecular complexity index is 811. The first-order valence-electron chi connectivity index (χ1n) is 6.28. The standard InChI is InChI=1S/C16H10BrNO3/c1-8(19)18-14-7-12-11(6-13(14)17)15(20)9-4-2-3-5-10(9)16(12)21/h2-7H,1H3,(H,18,19). The van der Waals surface area contributed by atoms with Crippen LogP contribution in [0.2, 0.25) is 0 Å². The average Bonchev–Trinajstić information content (AvgIpc) is 2.46. The number of ketones is 2. The third-order valence-electron chi connectivity index (χ3n) is 3.32. The molecule has 1 amide bonds. The van der Waals surface area contributed by atoms with E-state index in [1.807, 2.05) is 0 Å². The lowest BCUT2D eigenvalue weighted by Crippen LogP contribution is -2.21. The van der Waals surface area contributed by atoms with Gasteiger partial charge >= 0.3 is 0 Å². The molecule has 2 aromatic rings. The number of amides is 1. The number of hydrogen-bond acceptors (Lipinski definition) is 3. The largest absolute Gasteiger partial charge is 0.325 e. The van der Waals surface area contributed by atoms with E-state index in [1.165, 1.54) is 13.0 Å². The van der Waals surface area contributed by atoms with E-state index < -0.39 is 0 Å². The van der Waals surface area contributed by atoms with Crippen molar-refractivity contribution in [2.24, 2.45) is 0 Å². The molecule has 3 rings (SSSR count). The number of nitrogens with one attached hydrogen (secondary N) is 1. The number of rotatable bonds is 1. The summed E-state index contributed by atoms with van der Waals surface area (Å²) in [7, 11) is 0. The second-order valence-electron chi connectivity index (χ2n) is 4.76. The Balaban J connectivity index is 2.21. The molecule has 0 aromatic heterocycles. The summed E-state index contributed by atoms with van der Waals surface area (Å²) in [4.78, 5) is 36.2. The second kappa shape index (κ2) is 4.93. The molecule has 0 bridgehead atoms. The summed E-state index contributed by atoms with van der Waals surface area (Å²) in [6.45, 7) is 1.38. The van der Waals surface area contributed by atoms with Gasteiger partial charge in [-0.3, -0.25) is 14.4 Å². The van der Waals surface area contributed by atoms with Gasteiger partial charge in [0.05, 0.1) is 5.69 Å². The Morgan fingerprint density at radius 2 is 1.48 bits per heavy atom. The number of hydrogen-bond donors (Lipinski definition) is 1. The van der Waals surface area contributed by atoms with Crippen LogP contribution in [0.4, 0.5) is 5.69 Å². The fourth-order valence-electron chi connectivity index (χ4n) is 2.40. The molecule has 1 aliphatic rings. The number of carbonyl (C=O) groups is 3. The van der Waals surface area contributed by atoms with Gasteiger partial charge in [0.25, 0.3) is 0 Å². The van der Waals surface area contributed by atoms with E-state index in [-0.39, 0.29) is 17.5 Å². The van der Waals surface area contributed by atoms with E-state index in [1.54, 1.807) is 30.3 Å². The average molecular weight is 344 g/mol. The highest BCUT2D eigenvalue weighted by Crippen LogP contribution is 2.33. The molecule has 1 aliphatic carbocycles. The predicted octanol–water partition coefficient (Wildman–Crippen LogP) is 3.18. The van der Waals surface area contributed by atoms with Crippen LogP contribution in [0.5, 0.6) is 0 Å². The van der Waals surface area contributed by atoms with Crippen molar-refractivity contribution in [3.8, 4) is 0 Å². The molecular weight excluding hydrogens is 334 g/mol. The van der Waals surface area contributed by atoms with Crippen molar-refractivity contribution in [2.75, 3.05) is 5.32 Å².